The van der Waals surface area contributed by atoms with Crippen LogP contribution < -0.4 is 10.1 Å². The molecule has 21 heavy (non-hydrogen) atoms. The lowest BCUT2D eigenvalue weighted by molar-refractivity contribution is 0.250. The zero-order valence-electron chi connectivity index (χ0n) is 11.8. The second kappa shape index (κ2) is 7.27. The van der Waals surface area contributed by atoms with Crippen LogP contribution in [0, 0.1) is 34.6 Å². The van der Waals surface area contributed by atoms with Crippen molar-refractivity contribution in [2.75, 3.05) is 13.7 Å². The monoisotopic (exact) mass is 304 g/mol. The van der Waals surface area contributed by atoms with E-state index in [1.807, 2.05) is 6.92 Å². The van der Waals surface area contributed by atoms with E-state index in [0.29, 0.717) is 19.3 Å². The zero-order chi connectivity index (χ0) is 16.0. The standard InChI is InChI=1S/C14H16F4N2O/c1-3-14(8-19,20-2)5-4-6-21-13-11(17)9(15)7-10(16)12(13)18/h7,20H,3-6H2,1-2H3. The summed E-state index contributed by atoms with van der Waals surface area (Å²) in [7, 11) is 1.63. The molecule has 0 saturated carbocycles. The number of halogens is 4. The van der Waals surface area contributed by atoms with E-state index in [2.05, 4.69) is 11.4 Å². The number of hydrogen-bond acceptors (Lipinski definition) is 3. The van der Waals surface area contributed by atoms with Gasteiger partial charge in [-0.25, -0.2) is 8.78 Å². The summed E-state index contributed by atoms with van der Waals surface area (Å²) in [6.45, 7) is 1.66. The van der Waals surface area contributed by atoms with E-state index in [0.717, 1.165) is 0 Å². The number of nitrogens with one attached hydrogen (secondary N) is 1. The van der Waals surface area contributed by atoms with Crippen molar-refractivity contribution in [3.05, 3.63) is 29.3 Å². The Balaban J connectivity index is 2.68. The molecule has 1 atom stereocenters. The van der Waals surface area contributed by atoms with Gasteiger partial charge in [0, 0.05) is 6.07 Å². The van der Waals surface area contributed by atoms with Gasteiger partial charge in [-0.3, -0.25) is 0 Å². The molecule has 1 aromatic rings. The van der Waals surface area contributed by atoms with Crippen molar-refractivity contribution in [2.45, 2.75) is 31.7 Å². The molecule has 7 heteroatoms. The van der Waals surface area contributed by atoms with Gasteiger partial charge in [-0.2, -0.15) is 14.0 Å². The summed E-state index contributed by atoms with van der Waals surface area (Å²) in [6.07, 6.45) is 1.20. The summed E-state index contributed by atoms with van der Waals surface area (Å²) >= 11 is 0. The molecular weight excluding hydrogens is 288 g/mol. The van der Waals surface area contributed by atoms with Crippen molar-refractivity contribution in [3.63, 3.8) is 0 Å². The highest BCUT2D eigenvalue weighted by molar-refractivity contribution is 5.28. The molecule has 3 nitrogen and oxygen atoms in total. The Morgan fingerprint density at radius 3 is 2.24 bits per heavy atom. The van der Waals surface area contributed by atoms with Crippen LogP contribution in [0.25, 0.3) is 0 Å². The minimum absolute atomic E-state index is 0.121. The smallest absolute Gasteiger partial charge is 0.203 e. The maximum atomic E-state index is 13.3. The number of ether oxygens (including phenoxy) is 1. The van der Waals surface area contributed by atoms with E-state index in [1.165, 1.54) is 0 Å². The van der Waals surface area contributed by atoms with Crippen molar-refractivity contribution in [1.29, 1.82) is 5.26 Å². The van der Waals surface area contributed by atoms with Crippen molar-refractivity contribution in [2.24, 2.45) is 0 Å². The quantitative estimate of drug-likeness (QED) is 0.477. The van der Waals surface area contributed by atoms with Crippen LogP contribution in [0.5, 0.6) is 5.75 Å². The molecule has 0 bridgehead atoms. The minimum Gasteiger partial charge on any atom is -0.487 e. The summed E-state index contributed by atoms with van der Waals surface area (Å²) in [5.74, 6) is -7.23. The largest absolute Gasteiger partial charge is 0.487 e. The van der Waals surface area contributed by atoms with Crippen molar-refractivity contribution < 1.29 is 22.3 Å². The third-order valence-corrected chi connectivity index (χ3v) is 3.36. The van der Waals surface area contributed by atoms with Crippen molar-refractivity contribution in [3.8, 4) is 11.8 Å². The first-order valence-corrected chi connectivity index (χ1v) is 6.46. The van der Waals surface area contributed by atoms with E-state index in [9.17, 15) is 17.6 Å². The molecule has 0 aliphatic rings. The molecule has 0 amide bonds. The Morgan fingerprint density at radius 2 is 1.81 bits per heavy atom. The Kier molecular flexibility index (Phi) is 5.97. The molecule has 0 fully saturated rings. The fraction of sp³-hybridized carbons (Fsp3) is 0.500. The van der Waals surface area contributed by atoms with Gasteiger partial charge in [-0.15, -0.1) is 0 Å². The van der Waals surface area contributed by atoms with Gasteiger partial charge in [0.1, 0.15) is 5.54 Å². The molecule has 1 unspecified atom stereocenters. The molecule has 0 spiro atoms. The normalized spacial score (nSPS) is 13.6. The van der Waals surface area contributed by atoms with Crippen molar-refractivity contribution in [1.82, 2.24) is 5.32 Å². The first-order chi connectivity index (χ1) is 9.90. The Bertz CT molecular complexity index is 513. The molecule has 116 valence electrons. The second-order valence-corrected chi connectivity index (χ2v) is 4.55. The van der Waals surface area contributed by atoms with Gasteiger partial charge in [-0.1, -0.05) is 6.92 Å². The van der Waals surface area contributed by atoms with Gasteiger partial charge in [0.15, 0.2) is 17.4 Å². The lowest BCUT2D eigenvalue weighted by Gasteiger charge is -2.24. The van der Waals surface area contributed by atoms with Crippen LogP contribution in [-0.4, -0.2) is 19.2 Å². The molecule has 0 aliphatic heterocycles. The molecule has 1 aromatic carbocycles. The second-order valence-electron chi connectivity index (χ2n) is 4.55. The average molecular weight is 304 g/mol. The van der Waals surface area contributed by atoms with Gasteiger partial charge in [0.05, 0.1) is 12.7 Å². The fourth-order valence-electron chi connectivity index (χ4n) is 1.90. The van der Waals surface area contributed by atoms with Crippen molar-refractivity contribution >= 4 is 0 Å². The van der Waals surface area contributed by atoms with E-state index in [1.54, 1.807) is 7.05 Å². The average Bonchev–Trinajstić information content (AvgIpc) is 2.49. The molecule has 0 radical (unpaired) electrons. The lowest BCUT2D eigenvalue weighted by atomic mass is 9.92. The Morgan fingerprint density at radius 1 is 1.24 bits per heavy atom. The number of nitrogens with zero attached hydrogens (tertiary/aromatic N) is 1. The third-order valence-electron chi connectivity index (χ3n) is 3.36. The van der Waals surface area contributed by atoms with Crippen LogP contribution in [0.3, 0.4) is 0 Å². The van der Waals surface area contributed by atoms with Gasteiger partial charge in [0.25, 0.3) is 0 Å². The Hall–Kier alpha value is -1.81. The van der Waals surface area contributed by atoms with Crippen LogP contribution >= 0.6 is 0 Å². The highest BCUT2D eigenvalue weighted by Gasteiger charge is 2.25. The topological polar surface area (TPSA) is 45.0 Å². The number of benzene rings is 1. The zero-order valence-corrected chi connectivity index (χ0v) is 11.8. The van der Waals surface area contributed by atoms with Crippen LogP contribution in [-0.2, 0) is 0 Å². The fourth-order valence-corrected chi connectivity index (χ4v) is 1.90. The summed E-state index contributed by atoms with van der Waals surface area (Å²) in [5.41, 5.74) is -0.756. The summed E-state index contributed by atoms with van der Waals surface area (Å²) in [5, 5.41) is 12.0. The first-order valence-electron chi connectivity index (χ1n) is 6.46. The van der Waals surface area contributed by atoms with E-state index < -0.39 is 34.6 Å². The van der Waals surface area contributed by atoms with Crippen LogP contribution in [0.4, 0.5) is 17.6 Å². The number of nitriles is 1. The van der Waals surface area contributed by atoms with Gasteiger partial charge in [-0.05, 0) is 26.3 Å². The maximum Gasteiger partial charge on any atom is 0.203 e. The van der Waals surface area contributed by atoms with Gasteiger partial charge < -0.3 is 10.1 Å². The molecule has 1 rings (SSSR count). The van der Waals surface area contributed by atoms with Crippen LogP contribution in [0.1, 0.15) is 26.2 Å². The molecular formula is C14H16F4N2O. The number of rotatable bonds is 7. The number of hydrogen-bond donors (Lipinski definition) is 1. The van der Waals surface area contributed by atoms with Crippen LogP contribution in [0.15, 0.2) is 6.07 Å². The van der Waals surface area contributed by atoms with Gasteiger partial charge in [0.2, 0.25) is 11.6 Å². The third kappa shape index (κ3) is 3.85. The SMILES string of the molecule is CCC(C#N)(CCCOc1c(F)c(F)cc(F)c1F)NC. The highest BCUT2D eigenvalue weighted by atomic mass is 19.2. The predicted molar refractivity (Wildman–Crippen MR) is 68.7 cm³/mol. The highest BCUT2D eigenvalue weighted by Crippen LogP contribution is 2.27. The molecule has 0 aliphatic carbocycles. The summed E-state index contributed by atoms with van der Waals surface area (Å²) in [4.78, 5) is 0. The van der Waals surface area contributed by atoms with E-state index in [4.69, 9.17) is 10.00 Å². The molecule has 1 N–H and O–H groups in total. The molecule has 0 saturated heterocycles. The minimum atomic E-state index is -1.57. The predicted octanol–water partition coefficient (Wildman–Crippen LogP) is 3.29. The lowest BCUT2D eigenvalue weighted by Crippen LogP contribution is -2.41. The maximum absolute atomic E-state index is 13.3. The van der Waals surface area contributed by atoms with E-state index in [-0.39, 0.29) is 12.7 Å². The van der Waals surface area contributed by atoms with Crippen LogP contribution in [0.2, 0.25) is 0 Å². The molecule has 0 aromatic heterocycles. The molecule has 0 heterocycles. The Labute approximate surface area is 120 Å². The van der Waals surface area contributed by atoms with Gasteiger partial charge >= 0.3 is 0 Å². The summed E-state index contributed by atoms with van der Waals surface area (Å²) in [6, 6.07) is 2.24. The summed E-state index contributed by atoms with van der Waals surface area (Å²) < 4.78 is 57.4. The van der Waals surface area contributed by atoms with E-state index >= 15 is 0 Å². The first kappa shape index (κ1) is 17.2.